The van der Waals surface area contributed by atoms with Gasteiger partial charge in [0.2, 0.25) is 0 Å². The summed E-state index contributed by atoms with van der Waals surface area (Å²) in [5.74, 6) is 1.50. The molecule has 21 heavy (non-hydrogen) atoms. The van der Waals surface area contributed by atoms with Crippen molar-refractivity contribution in [1.82, 2.24) is 9.78 Å². The van der Waals surface area contributed by atoms with E-state index < -0.39 is 0 Å². The van der Waals surface area contributed by atoms with Crippen LogP contribution in [0.4, 0.5) is 10.2 Å². The minimum Gasteiger partial charge on any atom is -0.370 e. The summed E-state index contributed by atoms with van der Waals surface area (Å²) in [4.78, 5) is 0. The average Bonchev–Trinajstić information content (AvgIpc) is 3.16. The number of nitrogens with zero attached hydrogens (tertiary/aromatic N) is 2. The quantitative estimate of drug-likeness (QED) is 0.901. The van der Waals surface area contributed by atoms with Crippen molar-refractivity contribution in [2.24, 2.45) is 0 Å². The molecule has 1 aromatic carbocycles. The zero-order valence-electron chi connectivity index (χ0n) is 12.1. The molecular formula is C17H20FN3. The summed E-state index contributed by atoms with van der Waals surface area (Å²) >= 11 is 0. The standard InChI is InChI=1S/C17H20FN3/c18-14-8-4-3-7-13(14)16-9-10-19-17-11-15(20-21(16)17)12-5-1-2-6-12/h3-4,7-8,11-12,16,19H,1-2,5-6,9-10H2. The first kappa shape index (κ1) is 12.9. The minimum absolute atomic E-state index is 0.0117. The van der Waals surface area contributed by atoms with Crippen LogP contribution in [0.2, 0.25) is 0 Å². The molecule has 1 saturated carbocycles. The van der Waals surface area contributed by atoms with Crippen molar-refractivity contribution >= 4 is 5.82 Å². The van der Waals surface area contributed by atoms with Crippen molar-refractivity contribution in [1.29, 1.82) is 0 Å². The van der Waals surface area contributed by atoms with E-state index in [9.17, 15) is 4.39 Å². The second kappa shape index (κ2) is 5.17. The predicted octanol–water partition coefficient (Wildman–Crippen LogP) is 4.08. The Kier molecular flexibility index (Phi) is 3.17. The van der Waals surface area contributed by atoms with Gasteiger partial charge in [-0.2, -0.15) is 5.10 Å². The third kappa shape index (κ3) is 2.23. The number of fused-ring (bicyclic) bond motifs is 1. The van der Waals surface area contributed by atoms with Crippen molar-refractivity contribution in [3.8, 4) is 0 Å². The van der Waals surface area contributed by atoms with E-state index in [0.29, 0.717) is 5.92 Å². The Morgan fingerprint density at radius 2 is 1.95 bits per heavy atom. The fraction of sp³-hybridized carbons (Fsp3) is 0.471. The SMILES string of the molecule is Fc1ccccc1C1CCNc2cc(C3CCCC3)nn21. The van der Waals surface area contributed by atoms with E-state index in [1.807, 2.05) is 16.8 Å². The molecular weight excluding hydrogens is 265 g/mol. The van der Waals surface area contributed by atoms with Crippen LogP contribution < -0.4 is 5.32 Å². The van der Waals surface area contributed by atoms with Gasteiger partial charge in [0.25, 0.3) is 0 Å². The van der Waals surface area contributed by atoms with E-state index in [1.54, 1.807) is 12.1 Å². The maximum absolute atomic E-state index is 14.1. The Labute approximate surface area is 124 Å². The van der Waals surface area contributed by atoms with Gasteiger partial charge in [0.05, 0.1) is 11.7 Å². The highest BCUT2D eigenvalue weighted by Gasteiger charge is 2.28. The number of nitrogens with one attached hydrogen (secondary N) is 1. The summed E-state index contributed by atoms with van der Waals surface area (Å²) in [6.45, 7) is 0.870. The molecule has 1 aliphatic carbocycles. The van der Waals surface area contributed by atoms with Gasteiger partial charge in [-0.15, -0.1) is 0 Å². The summed E-state index contributed by atoms with van der Waals surface area (Å²) in [6, 6.07) is 9.25. The Morgan fingerprint density at radius 3 is 2.76 bits per heavy atom. The Balaban J connectivity index is 1.72. The molecule has 4 heteroatoms. The largest absolute Gasteiger partial charge is 0.370 e. The van der Waals surface area contributed by atoms with Gasteiger partial charge in [-0.3, -0.25) is 0 Å². The van der Waals surface area contributed by atoms with Crippen molar-refractivity contribution in [3.05, 3.63) is 47.4 Å². The fourth-order valence-electron chi connectivity index (χ4n) is 3.70. The highest BCUT2D eigenvalue weighted by molar-refractivity contribution is 5.42. The molecule has 110 valence electrons. The van der Waals surface area contributed by atoms with E-state index in [0.717, 1.165) is 24.3 Å². The van der Waals surface area contributed by atoms with E-state index >= 15 is 0 Å². The lowest BCUT2D eigenvalue weighted by molar-refractivity contribution is 0.452. The number of rotatable bonds is 2. The molecule has 1 unspecified atom stereocenters. The molecule has 1 N–H and O–H groups in total. The summed E-state index contributed by atoms with van der Waals surface area (Å²) in [5.41, 5.74) is 1.93. The maximum atomic E-state index is 14.1. The molecule has 0 bridgehead atoms. The Hall–Kier alpha value is -1.84. The zero-order valence-corrected chi connectivity index (χ0v) is 12.1. The number of aromatic nitrogens is 2. The number of hydrogen-bond donors (Lipinski definition) is 1. The van der Waals surface area contributed by atoms with E-state index in [2.05, 4.69) is 11.4 Å². The molecule has 1 aromatic heterocycles. The first-order valence-corrected chi connectivity index (χ1v) is 7.90. The molecule has 1 atom stereocenters. The highest BCUT2D eigenvalue weighted by Crippen LogP contribution is 2.37. The topological polar surface area (TPSA) is 29.9 Å². The zero-order chi connectivity index (χ0) is 14.2. The second-order valence-corrected chi connectivity index (χ2v) is 6.13. The third-order valence-electron chi connectivity index (χ3n) is 4.81. The maximum Gasteiger partial charge on any atom is 0.128 e. The van der Waals surface area contributed by atoms with Crippen LogP contribution in [-0.2, 0) is 0 Å². The van der Waals surface area contributed by atoms with E-state index in [-0.39, 0.29) is 11.9 Å². The van der Waals surface area contributed by atoms with Gasteiger partial charge in [0, 0.05) is 24.1 Å². The van der Waals surface area contributed by atoms with Gasteiger partial charge in [0.15, 0.2) is 0 Å². The number of hydrogen-bond acceptors (Lipinski definition) is 2. The lowest BCUT2D eigenvalue weighted by Gasteiger charge is -2.26. The van der Waals surface area contributed by atoms with Crippen LogP contribution in [0.5, 0.6) is 0 Å². The Bertz CT molecular complexity index is 643. The van der Waals surface area contributed by atoms with E-state index in [1.165, 1.54) is 31.4 Å². The average molecular weight is 285 g/mol. The van der Waals surface area contributed by atoms with Gasteiger partial charge < -0.3 is 5.32 Å². The normalized spacial score (nSPS) is 22.0. The van der Waals surface area contributed by atoms with Crippen molar-refractivity contribution in [2.75, 3.05) is 11.9 Å². The first-order chi connectivity index (χ1) is 10.3. The fourth-order valence-corrected chi connectivity index (χ4v) is 3.70. The van der Waals surface area contributed by atoms with Crippen LogP contribution >= 0.6 is 0 Å². The van der Waals surface area contributed by atoms with Crippen LogP contribution in [0, 0.1) is 5.82 Å². The van der Waals surface area contributed by atoms with Crippen molar-refractivity contribution in [3.63, 3.8) is 0 Å². The van der Waals surface area contributed by atoms with Crippen LogP contribution in [-0.4, -0.2) is 16.3 Å². The van der Waals surface area contributed by atoms with Gasteiger partial charge >= 0.3 is 0 Å². The molecule has 3 nitrogen and oxygen atoms in total. The van der Waals surface area contributed by atoms with Crippen molar-refractivity contribution in [2.45, 2.75) is 44.1 Å². The molecule has 1 fully saturated rings. The lowest BCUT2D eigenvalue weighted by atomic mass is 10.0. The molecule has 2 aromatic rings. The molecule has 2 heterocycles. The summed E-state index contributed by atoms with van der Waals surface area (Å²) in [6.07, 6.45) is 5.95. The van der Waals surface area contributed by atoms with Gasteiger partial charge in [-0.25, -0.2) is 9.07 Å². The van der Waals surface area contributed by atoms with Crippen LogP contribution in [0.15, 0.2) is 30.3 Å². The molecule has 0 amide bonds. The Morgan fingerprint density at radius 1 is 1.14 bits per heavy atom. The van der Waals surface area contributed by atoms with Gasteiger partial charge in [-0.05, 0) is 25.3 Å². The number of anilines is 1. The molecule has 4 rings (SSSR count). The minimum atomic E-state index is -0.131. The van der Waals surface area contributed by atoms with E-state index in [4.69, 9.17) is 5.10 Å². The van der Waals surface area contributed by atoms with Crippen molar-refractivity contribution < 1.29 is 4.39 Å². The predicted molar refractivity (Wildman–Crippen MR) is 81.1 cm³/mol. The summed E-state index contributed by atoms with van der Waals surface area (Å²) in [5, 5.41) is 8.22. The van der Waals surface area contributed by atoms with Gasteiger partial charge in [0.1, 0.15) is 11.6 Å². The smallest absolute Gasteiger partial charge is 0.128 e. The number of benzene rings is 1. The summed E-state index contributed by atoms with van der Waals surface area (Å²) in [7, 11) is 0. The van der Waals surface area contributed by atoms with Crippen LogP contribution in [0.3, 0.4) is 0 Å². The molecule has 2 aliphatic rings. The first-order valence-electron chi connectivity index (χ1n) is 7.90. The second-order valence-electron chi connectivity index (χ2n) is 6.13. The van der Waals surface area contributed by atoms with Crippen LogP contribution in [0.1, 0.15) is 55.3 Å². The van der Waals surface area contributed by atoms with Crippen LogP contribution in [0.25, 0.3) is 0 Å². The molecule has 0 spiro atoms. The van der Waals surface area contributed by atoms with Gasteiger partial charge in [-0.1, -0.05) is 31.0 Å². The lowest BCUT2D eigenvalue weighted by Crippen LogP contribution is -2.25. The molecule has 1 aliphatic heterocycles. The molecule has 0 saturated heterocycles. The number of halogens is 1. The monoisotopic (exact) mass is 285 g/mol. The molecule has 0 radical (unpaired) electrons. The summed E-state index contributed by atoms with van der Waals surface area (Å²) < 4.78 is 16.1. The highest BCUT2D eigenvalue weighted by atomic mass is 19.1. The third-order valence-corrected chi connectivity index (χ3v) is 4.81.